The van der Waals surface area contributed by atoms with E-state index >= 15 is 0 Å². The van der Waals surface area contributed by atoms with Crippen molar-refractivity contribution in [2.75, 3.05) is 7.05 Å². The van der Waals surface area contributed by atoms with Crippen molar-refractivity contribution in [3.63, 3.8) is 0 Å². The van der Waals surface area contributed by atoms with Crippen LogP contribution in [0.2, 0.25) is 0 Å². The highest BCUT2D eigenvalue weighted by molar-refractivity contribution is 4.88. The van der Waals surface area contributed by atoms with Crippen molar-refractivity contribution in [3.05, 3.63) is 0 Å². The summed E-state index contributed by atoms with van der Waals surface area (Å²) in [6, 6.07) is 1.62. The lowest BCUT2D eigenvalue weighted by atomic mass is 9.89. The lowest BCUT2D eigenvalue weighted by Crippen LogP contribution is -2.35. The van der Waals surface area contributed by atoms with Gasteiger partial charge in [-0.25, -0.2) is 0 Å². The Morgan fingerprint density at radius 1 is 0.923 bits per heavy atom. The molecule has 0 bridgehead atoms. The third-order valence-electron chi connectivity index (χ3n) is 4.49. The summed E-state index contributed by atoms with van der Waals surface area (Å²) in [6.07, 6.45) is 7.42. The first kappa shape index (κ1) is 9.51. The second-order valence-electron chi connectivity index (χ2n) is 5.29. The number of fused-ring (bicyclic) bond motifs is 1. The van der Waals surface area contributed by atoms with Crippen molar-refractivity contribution in [2.24, 2.45) is 11.8 Å². The van der Waals surface area contributed by atoms with Crippen molar-refractivity contribution in [1.29, 1.82) is 0 Å². The fourth-order valence-electron chi connectivity index (χ4n) is 3.38. The molecule has 4 unspecified atom stereocenters. The molecule has 2 fully saturated rings. The van der Waals surface area contributed by atoms with Crippen LogP contribution >= 0.6 is 0 Å². The average Bonchev–Trinajstić information content (AvgIpc) is 2.47. The predicted molar refractivity (Wildman–Crippen MR) is 56.8 cm³/mol. The van der Waals surface area contributed by atoms with Crippen LogP contribution < -0.4 is 0 Å². The third kappa shape index (κ3) is 1.76. The zero-order chi connectivity index (χ0) is 9.42. The summed E-state index contributed by atoms with van der Waals surface area (Å²) in [7, 11) is 2.30. The summed E-state index contributed by atoms with van der Waals surface area (Å²) in [6.45, 7) is 4.80. The standard InChI is InChI=1S/C12H23N/c1-9-7-11-5-4-6-12(11)8-10(2)13(9)3/h9-12H,4-8H2,1-3H3. The number of hydrogen-bond donors (Lipinski definition) is 0. The quantitative estimate of drug-likeness (QED) is 0.555. The van der Waals surface area contributed by atoms with Gasteiger partial charge in [-0.2, -0.15) is 0 Å². The Kier molecular flexibility index (Phi) is 2.64. The molecule has 1 heterocycles. The average molecular weight is 181 g/mol. The molecule has 0 aromatic carbocycles. The highest BCUT2D eigenvalue weighted by atomic mass is 15.2. The number of likely N-dealkylation sites (tertiary alicyclic amines) is 1. The lowest BCUT2D eigenvalue weighted by Gasteiger charge is -2.28. The zero-order valence-electron chi connectivity index (χ0n) is 9.29. The van der Waals surface area contributed by atoms with Crippen LogP contribution in [0.1, 0.15) is 46.0 Å². The maximum absolute atomic E-state index is 2.58. The van der Waals surface area contributed by atoms with Crippen LogP contribution in [0.3, 0.4) is 0 Å². The fraction of sp³-hybridized carbons (Fsp3) is 1.00. The molecule has 1 nitrogen and oxygen atoms in total. The van der Waals surface area contributed by atoms with Gasteiger partial charge in [0.05, 0.1) is 0 Å². The van der Waals surface area contributed by atoms with Gasteiger partial charge in [0, 0.05) is 12.1 Å². The highest BCUT2D eigenvalue weighted by Crippen LogP contribution is 2.41. The predicted octanol–water partition coefficient (Wildman–Crippen LogP) is 2.91. The van der Waals surface area contributed by atoms with Crippen LogP contribution in [0.5, 0.6) is 0 Å². The molecule has 0 aromatic heterocycles. The number of hydrogen-bond acceptors (Lipinski definition) is 1. The molecular weight excluding hydrogens is 158 g/mol. The Morgan fingerprint density at radius 2 is 1.38 bits per heavy atom. The van der Waals surface area contributed by atoms with E-state index < -0.39 is 0 Å². The largest absolute Gasteiger partial charge is 0.301 e. The second-order valence-corrected chi connectivity index (χ2v) is 5.29. The smallest absolute Gasteiger partial charge is 0.00694 e. The van der Waals surface area contributed by atoms with Crippen molar-refractivity contribution >= 4 is 0 Å². The minimum absolute atomic E-state index is 0.808. The SMILES string of the molecule is CC1CC2CCCC2CC(C)N1C. The Labute approximate surface area is 82.5 Å². The molecule has 13 heavy (non-hydrogen) atoms. The van der Waals surface area contributed by atoms with Crippen molar-refractivity contribution in [1.82, 2.24) is 4.90 Å². The van der Waals surface area contributed by atoms with Gasteiger partial charge in [0.2, 0.25) is 0 Å². The first-order valence-electron chi connectivity index (χ1n) is 5.90. The molecule has 0 amide bonds. The molecule has 2 aliphatic rings. The molecule has 1 aliphatic heterocycles. The van der Waals surface area contributed by atoms with E-state index in [1.807, 2.05) is 0 Å². The summed E-state index contributed by atoms with van der Waals surface area (Å²) in [5.74, 6) is 2.12. The van der Waals surface area contributed by atoms with E-state index in [0.717, 1.165) is 23.9 Å². The minimum atomic E-state index is 0.808. The highest BCUT2D eigenvalue weighted by Gasteiger charge is 2.34. The molecule has 0 aromatic rings. The topological polar surface area (TPSA) is 3.24 Å². The van der Waals surface area contributed by atoms with Gasteiger partial charge < -0.3 is 4.90 Å². The van der Waals surface area contributed by atoms with E-state index in [9.17, 15) is 0 Å². The molecule has 1 heteroatoms. The first-order chi connectivity index (χ1) is 6.18. The molecule has 0 radical (unpaired) electrons. The second kappa shape index (κ2) is 3.61. The van der Waals surface area contributed by atoms with E-state index in [1.165, 1.54) is 32.1 Å². The minimum Gasteiger partial charge on any atom is -0.301 e. The molecule has 2 rings (SSSR count). The first-order valence-corrected chi connectivity index (χ1v) is 5.90. The Hall–Kier alpha value is -0.0400. The van der Waals surface area contributed by atoms with E-state index in [4.69, 9.17) is 0 Å². The van der Waals surface area contributed by atoms with Crippen LogP contribution in [-0.2, 0) is 0 Å². The van der Waals surface area contributed by atoms with Crippen LogP contribution in [0, 0.1) is 11.8 Å². The van der Waals surface area contributed by atoms with Gasteiger partial charge in [-0.3, -0.25) is 0 Å². The van der Waals surface area contributed by atoms with Crippen LogP contribution in [0.25, 0.3) is 0 Å². The van der Waals surface area contributed by atoms with Crippen LogP contribution in [0.15, 0.2) is 0 Å². The Morgan fingerprint density at radius 3 is 1.85 bits per heavy atom. The summed E-state index contributed by atoms with van der Waals surface area (Å²) in [4.78, 5) is 2.58. The molecule has 76 valence electrons. The maximum Gasteiger partial charge on any atom is 0.00694 e. The van der Waals surface area contributed by atoms with Gasteiger partial charge in [-0.05, 0) is 45.6 Å². The summed E-state index contributed by atoms with van der Waals surface area (Å²) in [5.41, 5.74) is 0. The molecule has 0 spiro atoms. The summed E-state index contributed by atoms with van der Waals surface area (Å²) in [5, 5.41) is 0. The van der Waals surface area contributed by atoms with E-state index in [-0.39, 0.29) is 0 Å². The third-order valence-corrected chi connectivity index (χ3v) is 4.49. The van der Waals surface area contributed by atoms with E-state index in [0.29, 0.717) is 0 Å². The van der Waals surface area contributed by atoms with Gasteiger partial charge >= 0.3 is 0 Å². The molecule has 4 atom stereocenters. The number of nitrogens with zero attached hydrogens (tertiary/aromatic N) is 1. The van der Waals surface area contributed by atoms with Gasteiger partial charge in [0.1, 0.15) is 0 Å². The Balaban J connectivity index is 2.08. The van der Waals surface area contributed by atoms with Gasteiger partial charge in [-0.1, -0.05) is 19.3 Å². The Bertz CT molecular complexity index is 160. The molecule has 1 saturated heterocycles. The molecule has 0 N–H and O–H groups in total. The normalized spacial score (nSPS) is 47.3. The summed E-state index contributed by atoms with van der Waals surface area (Å²) >= 11 is 0. The van der Waals surface area contributed by atoms with Crippen molar-refractivity contribution < 1.29 is 0 Å². The monoisotopic (exact) mass is 181 g/mol. The molecule has 1 aliphatic carbocycles. The van der Waals surface area contributed by atoms with Crippen molar-refractivity contribution in [3.8, 4) is 0 Å². The van der Waals surface area contributed by atoms with Crippen LogP contribution in [0.4, 0.5) is 0 Å². The van der Waals surface area contributed by atoms with Gasteiger partial charge in [0.15, 0.2) is 0 Å². The van der Waals surface area contributed by atoms with E-state index in [2.05, 4.69) is 25.8 Å². The summed E-state index contributed by atoms with van der Waals surface area (Å²) < 4.78 is 0. The lowest BCUT2D eigenvalue weighted by molar-refractivity contribution is 0.191. The van der Waals surface area contributed by atoms with Gasteiger partial charge in [-0.15, -0.1) is 0 Å². The molecule has 1 saturated carbocycles. The molecular formula is C12H23N. The van der Waals surface area contributed by atoms with Crippen LogP contribution in [-0.4, -0.2) is 24.0 Å². The van der Waals surface area contributed by atoms with Gasteiger partial charge in [0.25, 0.3) is 0 Å². The number of rotatable bonds is 0. The fourth-order valence-corrected chi connectivity index (χ4v) is 3.38. The zero-order valence-corrected chi connectivity index (χ0v) is 9.29. The van der Waals surface area contributed by atoms with E-state index in [1.54, 1.807) is 0 Å². The van der Waals surface area contributed by atoms with Crippen molar-refractivity contribution in [2.45, 2.75) is 58.0 Å². The maximum atomic E-state index is 2.58.